The van der Waals surface area contributed by atoms with Gasteiger partial charge in [-0.05, 0) is 12.8 Å². The highest BCUT2D eigenvalue weighted by Crippen LogP contribution is 2.08. The molecule has 1 atom stereocenters. The molecule has 0 aromatic carbocycles. The lowest BCUT2D eigenvalue weighted by molar-refractivity contribution is 0.478. The van der Waals surface area contributed by atoms with Gasteiger partial charge in [0.15, 0.2) is 0 Å². The summed E-state index contributed by atoms with van der Waals surface area (Å²) in [6, 6.07) is 0. The summed E-state index contributed by atoms with van der Waals surface area (Å²) in [5.41, 5.74) is 0. The van der Waals surface area contributed by atoms with Crippen molar-refractivity contribution in [1.82, 2.24) is 4.31 Å². The molecule has 4 heteroatoms. The van der Waals surface area contributed by atoms with Crippen molar-refractivity contribution in [3.05, 3.63) is 0 Å². The predicted molar refractivity (Wildman–Crippen MR) is 33.1 cm³/mol. The Kier molecular flexibility index (Phi) is 2.13. The summed E-state index contributed by atoms with van der Waals surface area (Å²) in [6.07, 6.45) is 2.28. The third-order valence-electron chi connectivity index (χ3n) is 1.32. The Bertz CT molecular complexity index is 72.4. The summed E-state index contributed by atoms with van der Waals surface area (Å²) < 4.78 is 12.2. The lowest BCUT2D eigenvalue weighted by Gasteiger charge is -2.11. The minimum Gasteiger partial charge on any atom is -0.579 e. The van der Waals surface area contributed by atoms with E-state index in [1.807, 2.05) is 0 Å². The second kappa shape index (κ2) is 2.68. The summed E-state index contributed by atoms with van der Waals surface area (Å²) in [5, 5.41) is 5.10. The zero-order valence-corrected chi connectivity index (χ0v) is 5.49. The van der Waals surface area contributed by atoms with E-state index in [2.05, 4.69) is 0 Å². The van der Waals surface area contributed by atoms with E-state index in [0.29, 0.717) is 0 Å². The molecule has 0 spiro atoms. The summed E-state index contributed by atoms with van der Waals surface area (Å²) >= 11 is -1.21. The molecule has 0 aliphatic carbocycles. The van der Waals surface area contributed by atoms with E-state index >= 15 is 0 Å². The van der Waals surface area contributed by atoms with Crippen LogP contribution in [0.5, 0.6) is 0 Å². The average molecular weight is 134 g/mol. The topological polar surface area (TPSA) is 52.3 Å². The van der Waals surface area contributed by atoms with E-state index in [0.717, 1.165) is 25.9 Å². The third-order valence-corrected chi connectivity index (χ3v) is 2.19. The first kappa shape index (κ1) is 6.35. The van der Waals surface area contributed by atoms with Gasteiger partial charge in [-0.15, -0.1) is 9.44 Å². The molecule has 0 bridgehead atoms. The van der Waals surface area contributed by atoms with Crippen molar-refractivity contribution in [2.45, 2.75) is 12.8 Å². The Balaban J connectivity index is 2.24. The molecule has 2 N–H and O–H groups in total. The number of rotatable bonds is 1. The summed E-state index contributed by atoms with van der Waals surface area (Å²) in [4.78, 5) is 0. The van der Waals surface area contributed by atoms with E-state index < -0.39 is 11.5 Å². The van der Waals surface area contributed by atoms with Crippen LogP contribution in [0.2, 0.25) is 0 Å². The number of hydrogen-bond acceptors (Lipinski definition) is 3. The van der Waals surface area contributed by atoms with Crippen LogP contribution in [0.4, 0.5) is 0 Å². The molecule has 1 fully saturated rings. The van der Waals surface area contributed by atoms with Crippen molar-refractivity contribution < 1.29 is 4.55 Å². The summed E-state index contributed by atoms with van der Waals surface area (Å²) in [7, 11) is 0. The maximum atomic E-state index is 10.5. The van der Waals surface area contributed by atoms with E-state index in [4.69, 9.17) is 5.14 Å². The molecule has 1 aliphatic rings. The largest absolute Gasteiger partial charge is 0.579 e. The zero-order valence-electron chi connectivity index (χ0n) is 4.67. The van der Waals surface area contributed by atoms with Gasteiger partial charge < -0.3 is 4.55 Å². The number of nitrogens with two attached hydrogens (primary N) is 1. The molecule has 1 saturated heterocycles. The van der Waals surface area contributed by atoms with Crippen LogP contribution in [-0.2, 0) is 11.5 Å². The summed E-state index contributed by atoms with van der Waals surface area (Å²) in [5.74, 6) is 0. The van der Waals surface area contributed by atoms with Gasteiger partial charge >= 0.3 is 0 Å². The maximum Gasteiger partial charge on any atom is 0.134 e. The number of nitrogens with zero attached hydrogens (tertiary/aromatic N) is 1. The molecule has 0 aromatic heterocycles. The normalized spacial score (nSPS) is 26.2. The van der Waals surface area contributed by atoms with E-state index in [9.17, 15) is 4.55 Å². The molecule has 0 saturated carbocycles. The molecule has 3 nitrogen and oxygen atoms in total. The highest BCUT2D eigenvalue weighted by molar-refractivity contribution is 7.86. The molecular weight excluding hydrogens is 124 g/mol. The van der Waals surface area contributed by atoms with Crippen molar-refractivity contribution in [3.63, 3.8) is 0 Å². The zero-order chi connectivity index (χ0) is 5.98. The van der Waals surface area contributed by atoms with Crippen LogP contribution in [0.1, 0.15) is 12.8 Å². The molecule has 1 unspecified atom stereocenters. The van der Waals surface area contributed by atoms with Crippen LogP contribution < -0.4 is 5.14 Å². The molecule has 0 aromatic rings. The van der Waals surface area contributed by atoms with Gasteiger partial charge in [0.25, 0.3) is 0 Å². The van der Waals surface area contributed by atoms with Crippen molar-refractivity contribution in [2.24, 2.45) is 5.14 Å². The first-order valence-electron chi connectivity index (χ1n) is 2.72. The average Bonchev–Trinajstić information content (AvgIpc) is 2.12. The van der Waals surface area contributed by atoms with Gasteiger partial charge in [0, 0.05) is 13.1 Å². The van der Waals surface area contributed by atoms with Crippen LogP contribution in [0, 0.1) is 0 Å². The molecule has 0 radical (unpaired) electrons. The molecule has 48 valence electrons. The summed E-state index contributed by atoms with van der Waals surface area (Å²) in [6.45, 7) is 1.81. The van der Waals surface area contributed by atoms with Crippen molar-refractivity contribution in [1.29, 1.82) is 0 Å². The van der Waals surface area contributed by atoms with Crippen molar-refractivity contribution in [3.8, 4) is 0 Å². The molecule has 1 aliphatic heterocycles. The Morgan fingerprint density at radius 2 is 1.88 bits per heavy atom. The highest BCUT2D eigenvalue weighted by atomic mass is 32.2. The monoisotopic (exact) mass is 134 g/mol. The molecule has 1 heterocycles. The fraction of sp³-hybridized carbons (Fsp3) is 1.00. The highest BCUT2D eigenvalue weighted by Gasteiger charge is 2.19. The lowest BCUT2D eigenvalue weighted by atomic mass is 10.4. The fourth-order valence-electron chi connectivity index (χ4n) is 0.868. The van der Waals surface area contributed by atoms with Gasteiger partial charge in [0.05, 0.1) is 0 Å². The Morgan fingerprint density at radius 3 is 2.12 bits per heavy atom. The standard InChI is InChI=1S/C4H10N2OS/c5-8(7)6-3-1-2-4-6/h1-5H2. The van der Waals surface area contributed by atoms with Crippen LogP contribution in [0.15, 0.2) is 0 Å². The Morgan fingerprint density at radius 1 is 1.38 bits per heavy atom. The first-order valence-corrected chi connectivity index (χ1v) is 3.89. The Hall–Kier alpha value is 0.230. The first-order chi connectivity index (χ1) is 3.80. The molecule has 8 heavy (non-hydrogen) atoms. The van der Waals surface area contributed by atoms with Gasteiger partial charge in [0.1, 0.15) is 11.5 Å². The minimum absolute atomic E-state index is 0.906. The van der Waals surface area contributed by atoms with E-state index in [-0.39, 0.29) is 0 Å². The van der Waals surface area contributed by atoms with Crippen LogP contribution in [0.25, 0.3) is 0 Å². The lowest BCUT2D eigenvalue weighted by Crippen LogP contribution is -2.33. The second-order valence-corrected chi connectivity index (χ2v) is 2.98. The van der Waals surface area contributed by atoms with Crippen LogP contribution >= 0.6 is 0 Å². The SMILES string of the molecule is N[S+]([O-])N1CCCC1. The second-order valence-electron chi connectivity index (χ2n) is 1.91. The van der Waals surface area contributed by atoms with Gasteiger partial charge in [0.2, 0.25) is 0 Å². The smallest absolute Gasteiger partial charge is 0.134 e. The fourth-order valence-corrected chi connectivity index (χ4v) is 1.49. The molecular formula is C4H10N2OS. The van der Waals surface area contributed by atoms with Gasteiger partial charge in [-0.2, -0.15) is 0 Å². The van der Waals surface area contributed by atoms with Gasteiger partial charge in [-0.3, -0.25) is 0 Å². The van der Waals surface area contributed by atoms with Crippen molar-refractivity contribution in [2.75, 3.05) is 13.1 Å². The maximum absolute atomic E-state index is 10.5. The molecule has 0 amide bonds. The molecule has 1 rings (SSSR count). The van der Waals surface area contributed by atoms with E-state index in [1.54, 1.807) is 4.31 Å². The minimum atomic E-state index is -1.21. The van der Waals surface area contributed by atoms with Gasteiger partial charge in [-0.1, -0.05) is 0 Å². The Labute approximate surface area is 52.3 Å². The number of hydrogen-bond donors (Lipinski definition) is 1. The van der Waals surface area contributed by atoms with Crippen molar-refractivity contribution >= 4 is 11.5 Å². The van der Waals surface area contributed by atoms with Gasteiger partial charge in [-0.25, -0.2) is 0 Å². The third kappa shape index (κ3) is 1.35. The van der Waals surface area contributed by atoms with Crippen LogP contribution in [0.3, 0.4) is 0 Å². The predicted octanol–water partition coefficient (Wildman–Crippen LogP) is -0.380. The quantitative estimate of drug-likeness (QED) is 0.497. The van der Waals surface area contributed by atoms with E-state index in [1.165, 1.54) is 0 Å². The van der Waals surface area contributed by atoms with Crippen LogP contribution in [-0.4, -0.2) is 21.9 Å².